The number of rotatable bonds is 29. The van der Waals surface area contributed by atoms with E-state index < -0.39 is 69.7 Å². The lowest BCUT2D eigenvalue weighted by Crippen LogP contribution is -2.69. The Kier molecular flexibility index (Phi) is 22.4. The van der Waals surface area contributed by atoms with E-state index in [2.05, 4.69) is 75.9 Å². The van der Waals surface area contributed by atoms with Gasteiger partial charge in [-0.2, -0.15) is 0 Å². The van der Waals surface area contributed by atoms with Crippen molar-refractivity contribution in [2.24, 2.45) is 0 Å². The first-order valence-corrected chi connectivity index (χ1v) is 31.6. The van der Waals surface area contributed by atoms with Gasteiger partial charge in [-0.05, 0) is 67.5 Å². The van der Waals surface area contributed by atoms with Gasteiger partial charge in [-0.3, -0.25) is 0 Å². The molecule has 0 saturated carbocycles. The van der Waals surface area contributed by atoms with E-state index in [0.717, 1.165) is 38.2 Å². The van der Waals surface area contributed by atoms with Crippen molar-refractivity contribution in [1.82, 2.24) is 0 Å². The third-order valence-corrected chi connectivity index (χ3v) is 20.6. The van der Waals surface area contributed by atoms with Crippen LogP contribution in [0.25, 0.3) is 0 Å². The Balaban J connectivity index is 1.10. The van der Waals surface area contributed by atoms with Gasteiger partial charge in [0.1, 0.15) is 60.3 Å². The lowest BCUT2D eigenvalue weighted by Gasteiger charge is -2.51. The number of methoxy groups -OCH3 is 1. The van der Waals surface area contributed by atoms with Gasteiger partial charge < -0.3 is 56.5 Å². The molecule has 12 nitrogen and oxygen atoms in total. The van der Waals surface area contributed by atoms with Crippen molar-refractivity contribution in [2.75, 3.05) is 26.9 Å². The van der Waals surface area contributed by atoms with Crippen LogP contribution in [-0.4, -0.2) is 96.7 Å². The Labute approximate surface area is 508 Å². The Morgan fingerprint density at radius 2 is 0.779 bits per heavy atom. The predicted octanol–water partition coefficient (Wildman–Crippen LogP) is 12.6. The summed E-state index contributed by atoms with van der Waals surface area (Å²) >= 11 is 0. The van der Waals surface area contributed by atoms with Crippen LogP contribution < -0.4 is 19.8 Å². The molecular formula is C73H80O12Si. The summed E-state index contributed by atoms with van der Waals surface area (Å²) in [4.78, 5) is 0. The zero-order valence-corrected chi connectivity index (χ0v) is 50.6. The molecule has 10 rings (SSSR count). The maximum Gasteiger partial charge on any atom is 0.261 e. The van der Waals surface area contributed by atoms with Crippen LogP contribution in [0.3, 0.4) is 0 Å². The van der Waals surface area contributed by atoms with E-state index in [9.17, 15) is 0 Å². The standard InChI is InChI=1S/C73H80O12Si/c1-6-46-76-67-65(77-48-55-30-16-8-17-31-55)64(53-81-86(73(2,3)4,61-38-24-12-25-39-61)62-40-26-13-27-41-62)84-72(69(67)79-50-57-34-20-10-21-35-57)85-66-63(52-75-47-54-28-14-7-15-29-54)83-71(82-60-44-42-59(74-5)43-45-60)70(80-51-58-36-22-11-23-37-58)68(66)78-49-56-32-18-9-19-33-56/h6-45,63-72H,1,46-53H2,2-5H3/t63-,64-,65+,66-,67+,68+,69-,70-,71-,72+/m1/s1. The third-order valence-electron chi connectivity index (χ3n) is 15.6. The monoisotopic (exact) mass is 1180 g/mol. The van der Waals surface area contributed by atoms with Crippen LogP contribution in [0.1, 0.15) is 48.6 Å². The van der Waals surface area contributed by atoms with Crippen LogP contribution in [0.15, 0.2) is 249 Å². The van der Waals surface area contributed by atoms with Crippen LogP contribution in [0.4, 0.5) is 0 Å². The maximum atomic E-state index is 7.79. The molecule has 8 aromatic rings. The van der Waals surface area contributed by atoms with Gasteiger partial charge in [-0.1, -0.05) is 239 Å². The van der Waals surface area contributed by atoms with E-state index in [0.29, 0.717) is 18.1 Å². The third kappa shape index (κ3) is 16.1. The highest BCUT2D eigenvalue weighted by atomic mass is 28.4. The maximum absolute atomic E-state index is 7.79. The minimum atomic E-state index is -3.20. The van der Waals surface area contributed by atoms with E-state index in [1.165, 1.54) is 0 Å². The first-order chi connectivity index (χ1) is 42.2. The van der Waals surface area contributed by atoms with Crippen molar-refractivity contribution in [2.45, 2.75) is 120 Å². The van der Waals surface area contributed by atoms with E-state index >= 15 is 0 Å². The summed E-state index contributed by atoms with van der Waals surface area (Å²) in [6.07, 6.45) is -7.45. The highest BCUT2D eigenvalue weighted by molar-refractivity contribution is 6.99. The summed E-state index contributed by atoms with van der Waals surface area (Å²) in [6, 6.07) is 78.8. The Morgan fingerprint density at radius 3 is 1.22 bits per heavy atom. The Morgan fingerprint density at radius 1 is 0.407 bits per heavy atom. The molecule has 0 aromatic heterocycles. The molecule has 0 radical (unpaired) electrons. The summed E-state index contributed by atoms with van der Waals surface area (Å²) in [5.74, 6) is 1.21. The number of benzene rings is 8. The average Bonchev–Trinajstić information content (AvgIpc) is 1.37. The Hall–Kier alpha value is -7.08. The summed E-state index contributed by atoms with van der Waals surface area (Å²) in [5, 5.41) is 1.88. The van der Waals surface area contributed by atoms with Gasteiger partial charge in [0.25, 0.3) is 8.32 Å². The smallest absolute Gasteiger partial charge is 0.261 e. The van der Waals surface area contributed by atoms with Crippen molar-refractivity contribution in [1.29, 1.82) is 0 Å². The fourth-order valence-corrected chi connectivity index (χ4v) is 15.9. The van der Waals surface area contributed by atoms with Crippen LogP contribution in [-0.2, 0) is 80.1 Å². The van der Waals surface area contributed by atoms with Crippen molar-refractivity contribution in [3.63, 3.8) is 0 Å². The Bertz CT molecular complexity index is 3160. The van der Waals surface area contributed by atoms with Gasteiger partial charge in [0.05, 0.1) is 60.0 Å². The van der Waals surface area contributed by atoms with Gasteiger partial charge in [0.15, 0.2) is 6.29 Å². The normalized spacial score (nSPS) is 22.4. The molecule has 2 aliphatic heterocycles. The lowest BCUT2D eigenvalue weighted by atomic mass is 9.95. The lowest BCUT2D eigenvalue weighted by molar-refractivity contribution is -0.370. The zero-order valence-electron chi connectivity index (χ0n) is 49.6. The average molecular weight is 1180 g/mol. The summed E-state index contributed by atoms with van der Waals surface area (Å²) in [6.45, 7) is 12.4. The van der Waals surface area contributed by atoms with E-state index in [-0.39, 0.29) is 51.3 Å². The molecule has 0 amide bonds. The van der Waals surface area contributed by atoms with Gasteiger partial charge in [-0.25, -0.2) is 0 Å². The highest BCUT2D eigenvalue weighted by Crippen LogP contribution is 2.40. The van der Waals surface area contributed by atoms with Gasteiger partial charge in [0, 0.05) is 0 Å². The van der Waals surface area contributed by atoms with E-state index in [1.54, 1.807) is 13.2 Å². The number of ether oxygens (including phenoxy) is 11. The highest BCUT2D eigenvalue weighted by Gasteiger charge is 2.57. The van der Waals surface area contributed by atoms with Crippen LogP contribution in [0, 0.1) is 0 Å². The molecular weight excluding hydrogens is 1100 g/mol. The topological polar surface area (TPSA) is 111 Å². The summed E-state index contributed by atoms with van der Waals surface area (Å²) in [7, 11) is -1.56. The minimum absolute atomic E-state index is 0.0560. The molecule has 10 atom stereocenters. The summed E-state index contributed by atoms with van der Waals surface area (Å²) in [5.41, 5.74) is 4.80. The molecule has 0 N–H and O–H groups in total. The molecule has 8 aromatic carbocycles. The molecule has 2 saturated heterocycles. The molecule has 13 heteroatoms. The molecule has 2 heterocycles. The molecule has 0 unspecified atom stereocenters. The zero-order chi connectivity index (χ0) is 59.4. The number of hydrogen-bond acceptors (Lipinski definition) is 12. The second-order valence-electron chi connectivity index (χ2n) is 22.6. The van der Waals surface area contributed by atoms with Crippen LogP contribution >= 0.6 is 0 Å². The molecule has 86 heavy (non-hydrogen) atoms. The molecule has 2 aliphatic rings. The molecule has 2 fully saturated rings. The minimum Gasteiger partial charge on any atom is -0.497 e. The fourth-order valence-electron chi connectivity index (χ4n) is 11.4. The van der Waals surface area contributed by atoms with Gasteiger partial charge in [-0.15, -0.1) is 6.58 Å². The fraction of sp³-hybridized carbons (Fsp3) is 0.315. The predicted molar refractivity (Wildman–Crippen MR) is 336 cm³/mol. The number of hydrogen-bond donors (Lipinski definition) is 0. The largest absolute Gasteiger partial charge is 0.497 e. The van der Waals surface area contributed by atoms with Crippen LogP contribution in [0.5, 0.6) is 11.5 Å². The van der Waals surface area contributed by atoms with Crippen molar-refractivity contribution < 1.29 is 56.5 Å². The van der Waals surface area contributed by atoms with Crippen molar-refractivity contribution >= 4 is 18.7 Å². The van der Waals surface area contributed by atoms with Gasteiger partial charge in [0.2, 0.25) is 6.29 Å². The molecule has 0 bridgehead atoms. The second kappa shape index (κ2) is 31.0. The molecule has 0 spiro atoms. The second-order valence-corrected chi connectivity index (χ2v) is 26.9. The quantitative estimate of drug-likeness (QED) is 0.0329. The molecule has 448 valence electrons. The van der Waals surface area contributed by atoms with E-state index in [4.69, 9.17) is 56.5 Å². The summed E-state index contributed by atoms with van der Waals surface area (Å²) < 4.78 is 85.3. The van der Waals surface area contributed by atoms with Crippen molar-refractivity contribution in [3.8, 4) is 11.5 Å². The first-order valence-electron chi connectivity index (χ1n) is 29.7. The van der Waals surface area contributed by atoms with Gasteiger partial charge >= 0.3 is 0 Å². The SMILES string of the molecule is C=CCO[C@H]1[C@@H](OCc2ccccc2)[C@@H](CO[Si](c2ccccc2)(c2ccccc2)C(C)(C)C)O[C@@H](O[C@H]2[C@H](OCc3ccccc3)[C@@H](OCc3ccccc3)[C@H](Oc3ccc(OC)cc3)O[C@@H]2COCc2ccccc2)[C@@H]1OCc1ccccc1. The first kappa shape index (κ1) is 62.0. The molecule has 0 aliphatic carbocycles. The van der Waals surface area contributed by atoms with Crippen molar-refractivity contribution in [3.05, 3.63) is 277 Å². The van der Waals surface area contributed by atoms with Crippen LogP contribution in [0.2, 0.25) is 5.04 Å². The van der Waals surface area contributed by atoms with E-state index in [1.807, 2.05) is 188 Å².